The van der Waals surface area contributed by atoms with Crippen molar-refractivity contribution in [1.82, 2.24) is 5.32 Å². The van der Waals surface area contributed by atoms with Crippen LogP contribution < -0.4 is 10.1 Å². The van der Waals surface area contributed by atoms with Crippen molar-refractivity contribution in [1.29, 1.82) is 0 Å². The third kappa shape index (κ3) is 4.37. The molecular formula is C16H24ClNO2. The van der Waals surface area contributed by atoms with Crippen LogP contribution in [0.1, 0.15) is 44.7 Å². The van der Waals surface area contributed by atoms with Crippen molar-refractivity contribution in [3.8, 4) is 5.75 Å². The summed E-state index contributed by atoms with van der Waals surface area (Å²) in [5, 5.41) is 4.23. The Hall–Kier alpha value is -0.770. The normalized spacial score (nSPS) is 20.6. The van der Waals surface area contributed by atoms with E-state index in [1.165, 1.54) is 0 Å². The maximum atomic E-state index is 6.13. The lowest BCUT2D eigenvalue weighted by molar-refractivity contribution is 0.00687. The second kappa shape index (κ2) is 7.87. The monoisotopic (exact) mass is 297 g/mol. The molecule has 4 heteroatoms. The van der Waals surface area contributed by atoms with Gasteiger partial charge in [-0.1, -0.05) is 18.5 Å². The van der Waals surface area contributed by atoms with Crippen LogP contribution in [0.3, 0.4) is 0 Å². The zero-order valence-electron chi connectivity index (χ0n) is 12.3. The molecule has 0 spiro atoms. The maximum Gasteiger partial charge on any atom is 0.124 e. The van der Waals surface area contributed by atoms with E-state index >= 15 is 0 Å². The predicted octanol–water partition coefficient (Wildman–Crippen LogP) is 3.96. The molecule has 2 rings (SSSR count). The van der Waals surface area contributed by atoms with E-state index in [-0.39, 0.29) is 12.1 Å². The van der Waals surface area contributed by atoms with E-state index in [0.29, 0.717) is 6.61 Å². The van der Waals surface area contributed by atoms with E-state index < -0.39 is 0 Å². The van der Waals surface area contributed by atoms with Crippen LogP contribution in [0.15, 0.2) is 18.2 Å². The molecule has 3 nitrogen and oxygen atoms in total. The van der Waals surface area contributed by atoms with Crippen LogP contribution >= 0.6 is 11.6 Å². The molecule has 1 heterocycles. The summed E-state index contributed by atoms with van der Waals surface area (Å²) in [4.78, 5) is 0. The number of hydrogen-bond donors (Lipinski definition) is 1. The lowest BCUT2D eigenvalue weighted by Crippen LogP contribution is -2.29. The van der Waals surface area contributed by atoms with Crippen LogP contribution in [0.25, 0.3) is 0 Å². The molecule has 2 atom stereocenters. The lowest BCUT2D eigenvalue weighted by Gasteiger charge is -2.26. The number of halogens is 1. The van der Waals surface area contributed by atoms with Gasteiger partial charge in [-0.05, 0) is 50.9 Å². The molecule has 0 aliphatic carbocycles. The first-order valence-corrected chi connectivity index (χ1v) is 7.85. The highest BCUT2D eigenvalue weighted by molar-refractivity contribution is 6.30. The number of benzene rings is 1. The average Bonchev–Trinajstić information content (AvgIpc) is 2.47. The van der Waals surface area contributed by atoms with E-state index in [1.807, 2.05) is 18.2 Å². The Labute approximate surface area is 126 Å². The summed E-state index contributed by atoms with van der Waals surface area (Å²) in [7, 11) is 0. The van der Waals surface area contributed by atoms with Gasteiger partial charge in [0.2, 0.25) is 0 Å². The van der Waals surface area contributed by atoms with Gasteiger partial charge >= 0.3 is 0 Å². The van der Waals surface area contributed by atoms with E-state index in [9.17, 15) is 0 Å². The molecule has 1 aliphatic heterocycles. The average molecular weight is 298 g/mol. The lowest BCUT2D eigenvalue weighted by atomic mass is 10.1. The minimum absolute atomic E-state index is 0.155. The van der Waals surface area contributed by atoms with Crippen molar-refractivity contribution in [3.05, 3.63) is 28.8 Å². The third-order valence-electron chi connectivity index (χ3n) is 3.55. The zero-order chi connectivity index (χ0) is 14.4. The Kier molecular flexibility index (Phi) is 6.14. The van der Waals surface area contributed by atoms with Gasteiger partial charge in [-0.3, -0.25) is 0 Å². The van der Waals surface area contributed by atoms with Gasteiger partial charge in [-0.2, -0.15) is 0 Å². The minimum Gasteiger partial charge on any atom is -0.488 e. The molecule has 1 saturated heterocycles. The number of nitrogens with one attached hydrogen (secondary N) is 1. The van der Waals surface area contributed by atoms with Crippen molar-refractivity contribution < 1.29 is 9.47 Å². The van der Waals surface area contributed by atoms with Crippen molar-refractivity contribution >= 4 is 11.6 Å². The van der Waals surface area contributed by atoms with Gasteiger partial charge in [-0.15, -0.1) is 0 Å². The van der Waals surface area contributed by atoms with Gasteiger partial charge in [0.25, 0.3) is 0 Å². The Morgan fingerprint density at radius 2 is 2.35 bits per heavy atom. The molecule has 0 saturated carbocycles. The molecule has 0 amide bonds. The maximum absolute atomic E-state index is 6.13. The Bertz CT molecular complexity index is 419. The van der Waals surface area contributed by atoms with Gasteiger partial charge in [0.05, 0.1) is 6.61 Å². The summed E-state index contributed by atoms with van der Waals surface area (Å²) in [5.41, 5.74) is 1.12. The van der Waals surface area contributed by atoms with E-state index in [0.717, 1.165) is 48.7 Å². The largest absolute Gasteiger partial charge is 0.488 e. The molecular weight excluding hydrogens is 274 g/mol. The van der Waals surface area contributed by atoms with Crippen LogP contribution in [0.5, 0.6) is 5.75 Å². The highest BCUT2D eigenvalue weighted by atomic mass is 35.5. The molecule has 0 aromatic heterocycles. The summed E-state index contributed by atoms with van der Waals surface area (Å²) >= 11 is 6.13. The molecule has 1 aromatic rings. The van der Waals surface area contributed by atoms with Crippen LogP contribution in [-0.2, 0) is 4.74 Å². The topological polar surface area (TPSA) is 30.5 Å². The van der Waals surface area contributed by atoms with Crippen LogP contribution in [0, 0.1) is 0 Å². The van der Waals surface area contributed by atoms with Gasteiger partial charge in [0.1, 0.15) is 11.9 Å². The third-order valence-corrected chi connectivity index (χ3v) is 3.79. The Morgan fingerprint density at radius 3 is 3.05 bits per heavy atom. The van der Waals surface area contributed by atoms with E-state index in [1.54, 1.807) is 0 Å². The summed E-state index contributed by atoms with van der Waals surface area (Å²) in [6, 6.07) is 6.08. The fraction of sp³-hybridized carbons (Fsp3) is 0.625. The van der Waals surface area contributed by atoms with Crippen LogP contribution in [-0.4, -0.2) is 25.9 Å². The Morgan fingerprint density at radius 1 is 1.50 bits per heavy atom. The predicted molar refractivity (Wildman–Crippen MR) is 82.6 cm³/mol. The number of rotatable bonds is 6. The van der Waals surface area contributed by atoms with E-state index in [2.05, 4.69) is 19.2 Å². The zero-order valence-corrected chi connectivity index (χ0v) is 13.1. The van der Waals surface area contributed by atoms with Crippen molar-refractivity contribution in [2.24, 2.45) is 0 Å². The van der Waals surface area contributed by atoms with Gasteiger partial charge in [0.15, 0.2) is 0 Å². The molecule has 112 valence electrons. The fourth-order valence-corrected chi connectivity index (χ4v) is 2.60. The Balaban J connectivity index is 2.09. The smallest absolute Gasteiger partial charge is 0.124 e. The van der Waals surface area contributed by atoms with Gasteiger partial charge in [-0.25, -0.2) is 0 Å². The molecule has 1 aliphatic rings. The fourth-order valence-electron chi connectivity index (χ4n) is 2.42. The van der Waals surface area contributed by atoms with Crippen molar-refractivity contribution in [3.63, 3.8) is 0 Å². The van der Waals surface area contributed by atoms with Gasteiger partial charge in [0, 0.05) is 23.2 Å². The highest BCUT2D eigenvalue weighted by Crippen LogP contribution is 2.30. The van der Waals surface area contributed by atoms with Crippen molar-refractivity contribution in [2.75, 3.05) is 19.8 Å². The van der Waals surface area contributed by atoms with E-state index in [4.69, 9.17) is 21.1 Å². The number of ether oxygens (including phenoxy) is 2. The first-order chi connectivity index (χ1) is 9.70. The molecule has 2 unspecified atom stereocenters. The first kappa shape index (κ1) is 15.6. The summed E-state index contributed by atoms with van der Waals surface area (Å²) < 4.78 is 11.6. The van der Waals surface area contributed by atoms with Crippen LogP contribution in [0.2, 0.25) is 5.02 Å². The number of hydrogen-bond acceptors (Lipinski definition) is 3. The SMILES string of the molecule is CCCNC(C)c1cc(Cl)ccc1OC1CCCOC1. The summed E-state index contributed by atoms with van der Waals surface area (Å²) in [6.45, 7) is 6.82. The standard InChI is InChI=1S/C16H24ClNO2/c1-3-8-18-12(2)15-10-13(17)6-7-16(15)20-14-5-4-9-19-11-14/h6-7,10,12,14,18H,3-5,8-9,11H2,1-2H3. The van der Waals surface area contributed by atoms with Gasteiger partial charge < -0.3 is 14.8 Å². The second-order valence-corrected chi connectivity index (χ2v) is 5.75. The molecule has 0 radical (unpaired) electrons. The highest BCUT2D eigenvalue weighted by Gasteiger charge is 2.19. The van der Waals surface area contributed by atoms with Crippen molar-refractivity contribution in [2.45, 2.75) is 45.3 Å². The quantitative estimate of drug-likeness (QED) is 0.862. The molecule has 20 heavy (non-hydrogen) atoms. The minimum atomic E-state index is 0.155. The molecule has 1 aromatic carbocycles. The summed E-state index contributed by atoms with van der Waals surface area (Å²) in [6.07, 6.45) is 3.38. The first-order valence-electron chi connectivity index (χ1n) is 7.48. The molecule has 1 fully saturated rings. The summed E-state index contributed by atoms with van der Waals surface area (Å²) in [5.74, 6) is 0.918. The molecule has 0 bridgehead atoms. The second-order valence-electron chi connectivity index (χ2n) is 5.31. The van der Waals surface area contributed by atoms with Crippen LogP contribution in [0.4, 0.5) is 0 Å². The molecule has 1 N–H and O–H groups in total.